The van der Waals surface area contributed by atoms with Gasteiger partial charge in [0, 0.05) is 30.9 Å². The molecule has 1 saturated heterocycles. The van der Waals surface area contributed by atoms with E-state index in [4.69, 9.17) is 0 Å². The van der Waals surface area contributed by atoms with Crippen LogP contribution in [0.15, 0.2) is 12.4 Å². The largest absolute Gasteiger partial charge is 0.355 e. The molecule has 3 rings (SSSR count). The van der Waals surface area contributed by atoms with Gasteiger partial charge in [-0.3, -0.25) is 0 Å². The molecule has 110 valence electrons. The summed E-state index contributed by atoms with van der Waals surface area (Å²) in [6.45, 7) is 3.53. The minimum Gasteiger partial charge on any atom is -0.355 e. The van der Waals surface area contributed by atoms with Crippen LogP contribution in [0.1, 0.15) is 31.4 Å². The normalized spacial score (nSPS) is 23.9. The maximum Gasteiger partial charge on any atom is 0.214 e. The first-order chi connectivity index (χ1) is 9.54. The molecule has 1 aliphatic heterocycles. The van der Waals surface area contributed by atoms with Gasteiger partial charge in [-0.05, 0) is 32.6 Å². The molecule has 6 nitrogen and oxygen atoms in total. The molecule has 1 aliphatic carbocycles. The van der Waals surface area contributed by atoms with Crippen LogP contribution < -0.4 is 9.62 Å². The summed E-state index contributed by atoms with van der Waals surface area (Å²) in [6, 6.07) is 1.93. The lowest BCUT2D eigenvalue weighted by Crippen LogP contribution is -2.48. The molecule has 2 aliphatic rings. The lowest BCUT2D eigenvalue weighted by molar-refractivity contribution is 0.463. The summed E-state index contributed by atoms with van der Waals surface area (Å²) in [4.78, 5) is 10.5. The second-order valence-electron chi connectivity index (χ2n) is 5.66. The maximum atomic E-state index is 12.0. The van der Waals surface area contributed by atoms with Crippen molar-refractivity contribution < 1.29 is 8.42 Å². The molecular weight excluding hydrogens is 276 g/mol. The van der Waals surface area contributed by atoms with Crippen molar-refractivity contribution in [3.8, 4) is 0 Å². The number of piperidine rings is 1. The standard InChI is InChI=1S/C13H20N4O2S/c1-10-7-13(15-9-14-10)17-6-2-3-11(8-17)16-20(18,19)12-4-5-12/h7,9,11-12,16H,2-6,8H2,1H3. The molecule has 0 bridgehead atoms. The van der Waals surface area contributed by atoms with Crippen LogP contribution in [0.3, 0.4) is 0 Å². The number of nitrogens with zero attached hydrogens (tertiary/aromatic N) is 3. The Kier molecular flexibility index (Phi) is 3.64. The minimum atomic E-state index is -3.11. The van der Waals surface area contributed by atoms with Gasteiger partial charge in [-0.25, -0.2) is 23.1 Å². The Morgan fingerprint density at radius 3 is 2.80 bits per heavy atom. The van der Waals surface area contributed by atoms with Crippen molar-refractivity contribution in [3.63, 3.8) is 0 Å². The molecule has 20 heavy (non-hydrogen) atoms. The van der Waals surface area contributed by atoms with E-state index in [1.54, 1.807) is 6.33 Å². The van der Waals surface area contributed by atoms with Gasteiger partial charge in [-0.15, -0.1) is 0 Å². The Labute approximate surface area is 119 Å². The smallest absolute Gasteiger partial charge is 0.214 e. The first-order valence-electron chi connectivity index (χ1n) is 7.09. The lowest BCUT2D eigenvalue weighted by atomic mass is 10.1. The predicted octanol–water partition coefficient (Wildman–Crippen LogP) is 0.836. The highest BCUT2D eigenvalue weighted by Gasteiger charge is 2.37. The van der Waals surface area contributed by atoms with Crippen molar-refractivity contribution >= 4 is 15.8 Å². The molecule has 0 aromatic carbocycles. The van der Waals surface area contributed by atoms with Crippen LogP contribution in [0.4, 0.5) is 5.82 Å². The van der Waals surface area contributed by atoms with E-state index >= 15 is 0 Å². The molecule has 7 heteroatoms. The summed E-state index contributed by atoms with van der Waals surface area (Å²) in [5.41, 5.74) is 0.927. The zero-order valence-corrected chi connectivity index (χ0v) is 12.4. The van der Waals surface area contributed by atoms with Gasteiger partial charge in [-0.1, -0.05) is 0 Å². The Morgan fingerprint density at radius 2 is 2.10 bits per heavy atom. The molecule has 0 spiro atoms. The van der Waals surface area contributed by atoms with E-state index in [2.05, 4.69) is 19.6 Å². The minimum absolute atomic E-state index is 0.00961. The van der Waals surface area contributed by atoms with Gasteiger partial charge in [-0.2, -0.15) is 0 Å². The second kappa shape index (κ2) is 5.29. The van der Waals surface area contributed by atoms with Crippen molar-refractivity contribution in [1.29, 1.82) is 0 Å². The molecule has 2 heterocycles. The lowest BCUT2D eigenvalue weighted by Gasteiger charge is -2.33. The molecule has 1 unspecified atom stereocenters. The summed E-state index contributed by atoms with van der Waals surface area (Å²) in [5, 5.41) is -0.154. The van der Waals surface area contributed by atoms with Crippen LogP contribution in [-0.2, 0) is 10.0 Å². The number of hydrogen-bond donors (Lipinski definition) is 1. The van der Waals surface area contributed by atoms with E-state index in [1.165, 1.54) is 0 Å². The van der Waals surface area contributed by atoms with Gasteiger partial charge in [0.05, 0.1) is 5.25 Å². The van der Waals surface area contributed by atoms with Crippen LogP contribution in [-0.4, -0.2) is 42.8 Å². The number of aryl methyl sites for hydroxylation is 1. The van der Waals surface area contributed by atoms with E-state index in [0.717, 1.165) is 43.7 Å². The summed E-state index contributed by atoms with van der Waals surface area (Å²) in [5.74, 6) is 0.882. The maximum absolute atomic E-state index is 12.0. The van der Waals surface area contributed by atoms with E-state index in [1.807, 2.05) is 13.0 Å². The fraction of sp³-hybridized carbons (Fsp3) is 0.692. The quantitative estimate of drug-likeness (QED) is 0.891. The van der Waals surface area contributed by atoms with Crippen molar-refractivity contribution in [1.82, 2.24) is 14.7 Å². The SMILES string of the molecule is Cc1cc(N2CCCC(NS(=O)(=O)C3CC3)C2)ncn1. The highest BCUT2D eigenvalue weighted by molar-refractivity contribution is 7.90. The van der Waals surface area contributed by atoms with Crippen molar-refractivity contribution in [2.24, 2.45) is 0 Å². The Balaban J connectivity index is 1.67. The molecule has 1 saturated carbocycles. The molecule has 2 fully saturated rings. The average Bonchev–Trinajstić information content (AvgIpc) is 3.23. The number of hydrogen-bond acceptors (Lipinski definition) is 5. The Morgan fingerprint density at radius 1 is 1.30 bits per heavy atom. The van der Waals surface area contributed by atoms with Crippen molar-refractivity contribution in [2.75, 3.05) is 18.0 Å². The molecule has 1 aromatic rings. The zero-order chi connectivity index (χ0) is 14.2. The molecule has 1 atom stereocenters. The summed E-state index contributed by atoms with van der Waals surface area (Å²) in [7, 11) is -3.11. The van der Waals surface area contributed by atoms with Gasteiger partial charge in [0.2, 0.25) is 10.0 Å². The average molecular weight is 296 g/mol. The van der Waals surface area contributed by atoms with Crippen molar-refractivity contribution in [3.05, 3.63) is 18.1 Å². The molecular formula is C13H20N4O2S. The highest BCUT2D eigenvalue weighted by atomic mass is 32.2. The number of anilines is 1. The van der Waals surface area contributed by atoms with E-state index in [-0.39, 0.29) is 11.3 Å². The van der Waals surface area contributed by atoms with Gasteiger partial charge < -0.3 is 4.90 Å². The van der Waals surface area contributed by atoms with Crippen molar-refractivity contribution in [2.45, 2.75) is 43.9 Å². The van der Waals surface area contributed by atoms with Crippen LogP contribution in [0.5, 0.6) is 0 Å². The van der Waals surface area contributed by atoms with Crippen LogP contribution >= 0.6 is 0 Å². The number of aromatic nitrogens is 2. The molecule has 1 N–H and O–H groups in total. The third-order valence-electron chi connectivity index (χ3n) is 3.83. The van der Waals surface area contributed by atoms with E-state index < -0.39 is 10.0 Å². The van der Waals surface area contributed by atoms with Crippen LogP contribution in [0, 0.1) is 6.92 Å². The Hall–Kier alpha value is -1.21. The second-order valence-corrected chi connectivity index (χ2v) is 7.66. The summed E-state index contributed by atoms with van der Waals surface area (Å²) in [6.07, 6.45) is 5.03. The van der Waals surface area contributed by atoms with Crippen LogP contribution in [0.2, 0.25) is 0 Å². The molecule has 0 radical (unpaired) electrons. The predicted molar refractivity (Wildman–Crippen MR) is 77.1 cm³/mol. The van der Waals surface area contributed by atoms with Crippen LogP contribution in [0.25, 0.3) is 0 Å². The van der Waals surface area contributed by atoms with E-state index in [0.29, 0.717) is 6.54 Å². The first-order valence-corrected chi connectivity index (χ1v) is 8.64. The zero-order valence-electron chi connectivity index (χ0n) is 11.6. The monoisotopic (exact) mass is 296 g/mol. The van der Waals surface area contributed by atoms with E-state index in [9.17, 15) is 8.42 Å². The number of nitrogens with one attached hydrogen (secondary N) is 1. The topological polar surface area (TPSA) is 75.2 Å². The Bertz CT molecular complexity index is 586. The third kappa shape index (κ3) is 3.09. The summed E-state index contributed by atoms with van der Waals surface area (Å²) < 4.78 is 26.9. The highest BCUT2D eigenvalue weighted by Crippen LogP contribution is 2.28. The number of sulfonamides is 1. The van der Waals surface area contributed by atoms with Gasteiger partial charge >= 0.3 is 0 Å². The third-order valence-corrected chi connectivity index (χ3v) is 5.84. The fourth-order valence-corrected chi connectivity index (χ4v) is 4.21. The molecule has 0 amide bonds. The summed E-state index contributed by atoms with van der Waals surface area (Å²) >= 11 is 0. The van der Waals surface area contributed by atoms with Gasteiger partial charge in [0.1, 0.15) is 12.1 Å². The fourth-order valence-electron chi connectivity index (χ4n) is 2.60. The molecule has 1 aromatic heterocycles. The first kappa shape index (κ1) is 13.8. The number of rotatable bonds is 4. The van der Waals surface area contributed by atoms with Gasteiger partial charge in [0.25, 0.3) is 0 Å². The van der Waals surface area contributed by atoms with Gasteiger partial charge in [0.15, 0.2) is 0 Å².